The first-order valence-electron chi connectivity index (χ1n) is 18.7. The molecular formula is C49H41NO6P2. The molecule has 2 heterocycles. The largest absolute Gasteiger partial charge is 0.497 e. The molecule has 0 spiro atoms. The summed E-state index contributed by atoms with van der Waals surface area (Å²) in [6.07, 6.45) is 9.02. The number of para-hydroxylation sites is 1. The summed E-state index contributed by atoms with van der Waals surface area (Å²) in [6.45, 7) is 5.79. The normalized spacial score (nSPS) is 19.5. The number of rotatable bonds is 10. The molecule has 0 aliphatic carbocycles. The van der Waals surface area contributed by atoms with E-state index in [1.165, 1.54) is 0 Å². The van der Waals surface area contributed by atoms with E-state index in [4.69, 9.17) is 18.5 Å². The lowest BCUT2D eigenvalue weighted by atomic mass is 10.0. The van der Waals surface area contributed by atoms with E-state index in [0.717, 1.165) is 50.5 Å². The molecular weight excluding hydrogens is 760 g/mol. The fourth-order valence-electron chi connectivity index (χ4n) is 7.21. The van der Waals surface area contributed by atoms with Crippen molar-refractivity contribution in [2.45, 2.75) is 6.92 Å². The minimum Gasteiger partial charge on any atom is -0.497 e. The summed E-state index contributed by atoms with van der Waals surface area (Å²) in [4.78, 5) is 2.16. The number of allylic oxidation sites excluding steroid dienone is 5. The van der Waals surface area contributed by atoms with Crippen molar-refractivity contribution in [1.29, 1.82) is 0 Å². The van der Waals surface area contributed by atoms with Crippen LogP contribution < -0.4 is 28.7 Å². The summed E-state index contributed by atoms with van der Waals surface area (Å²) in [7, 11) is -3.61. The van der Waals surface area contributed by atoms with Crippen molar-refractivity contribution in [3.05, 3.63) is 198 Å². The number of benzene rings is 6. The minimum atomic E-state index is -3.46. The number of ether oxygens (including phenoxy) is 2. The van der Waals surface area contributed by atoms with Crippen molar-refractivity contribution in [2.24, 2.45) is 0 Å². The Bertz CT molecular complexity index is 2730. The van der Waals surface area contributed by atoms with Crippen LogP contribution >= 0.6 is 14.7 Å². The molecule has 6 aromatic rings. The lowest BCUT2D eigenvalue weighted by Gasteiger charge is -2.29. The maximum atomic E-state index is 14.5. The Kier molecular flexibility index (Phi) is 10.7. The van der Waals surface area contributed by atoms with Crippen LogP contribution in [0, 0.1) is 0 Å². The van der Waals surface area contributed by atoms with Crippen molar-refractivity contribution in [3.8, 4) is 34.1 Å². The molecule has 58 heavy (non-hydrogen) atoms. The van der Waals surface area contributed by atoms with E-state index in [-0.39, 0.29) is 0 Å². The van der Waals surface area contributed by atoms with Gasteiger partial charge in [0.2, 0.25) is 0 Å². The average Bonchev–Trinajstić information content (AvgIpc) is 3.26. The highest BCUT2D eigenvalue weighted by Crippen LogP contribution is 2.65. The number of anilines is 3. The molecule has 2 aliphatic rings. The lowest BCUT2D eigenvalue weighted by Crippen LogP contribution is -2.16. The Morgan fingerprint density at radius 3 is 1.69 bits per heavy atom. The van der Waals surface area contributed by atoms with E-state index in [9.17, 15) is 9.13 Å². The zero-order valence-electron chi connectivity index (χ0n) is 32.3. The molecule has 0 N–H and O–H groups in total. The van der Waals surface area contributed by atoms with Gasteiger partial charge in [-0.3, -0.25) is 9.13 Å². The van der Waals surface area contributed by atoms with Gasteiger partial charge < -0.3 is 23.4 Å². The zero-order valence-corrected chi connectivity index (χ0v) is 34.1. The third-order valence-electron chi connectivity index (χ3n) is 10.1. The second kappa shape index (κ2) is 16.1. The third kappa shape index (κ3) is 7.39. The molecule has 9 heteroatoms. The first-order chi connectivity index (χ1) is 28.3. The van der Waals surface area contributed by atoms with Crippen molar-refractivity contribution in [3.63, 3.8) is 0 Å². The summed E-state index contributed by atoms with van der Waals surface area (Å²) in [6, 6.07) is 44.9. The van der Waals surface area contributed by atoms with Crippen LogP contribution in [0.2, 0.25) is 0 Å². The zero-order chi connectivity index (χ0) is 40.3. The minimum absolute atomic E-state index is 0.535. The van der Waals surface area contributed by atoms with Crippen LogP contribution in [0.5, 0.6) is 23.0 Å². The van der Waals surface area contributed by atoms with Gasteiger partial charge in [0.1, 0.15) is 23.0 Å². The highest BCUT2D eigenvalue weighted by atomic mass is 31.2. The molecule has 2 unspecified atom stereocenters. The highest BCUT2D eigenvalue weighted by Gasteiger charge is 2.37. The Morgan fingerprint density at radius 1 is 0.586 bits per heavy atom. The Labute approximate surface area is 339 Å². The number of hydrogen-bond donors (Lipinski definition) is 0. The molecule has 2 aliphatic heterocycles. The Balaban J connectivity index is 1.06. The first kappa shape index (κ1) is 38.4. The molecule has 6 aromatic carbocycles. The fraction of sp³-hybridized carbons (Fsp3) is 0.0612. The Hall–Kier alpha value is -6.52. The van der Waals surface area contributed by atoms with Gasteiger partial charge in [-0.2, -0.15) is 0 Å². The smallest absolute Gasteiger partial charge is 0.300 e. The second-order valence-electron chi connectivity index (χ2n) is 13.6. The predicted octanol–water partition coefficient (Wildman–Crippen LogP) is 13.6. The molecule has 8 rings (SSSR count). The molecule has 0 amide bonds. The predicted molar refractivity (Wildman–Crippen MR) is 239 cm³/mol. The van der Waals surface area contributed by atoms with Crippen molar-refractivity contribution in [2.75, 3.05) is 19.1 Å². The number of methoxy groups -OCH3 is 2. The third-order valence-corrected chi connectivity index (χ3v) is 14.2. The number of hydrogen-bond acceptors (Lipinski definition) is 7. The molecule has 0 saturated heterocycles. The maximum Gasteiger partial charge on any atom is 0.300 e. The van der Waals surface area contributed by atoms with Crippen LogP contribution in [0.4, 0.5) is 17.1 Å². The number of fused-ring (bicyclic) bond motifs is 4. The summed E-state index contributed by atoms with van der Waals surface area (Å²) in [5, 5.41) is 1.22. The van der Waals surface area contributed by atoms with Gasteiger partial charge in [-0.15, -0.1) is 0 Å². The summed E-state index contributed by atoms with van der Waals surface area (Å²) in [5.41, 5.74) is 7.94. The van der Waals surface area contributed by atoms with E-state index < -0.39 is 14.7 Å². The molecule has 7 nitrogen and oxygen atoms in total. The van der Waals surface area contributed by atoms with Crippen LogP contribution in [0.1, 0.15) is 23.6 Å². The van der Waals surface area contributed by atoms with Crippen molar-refractivity contribution >= 4 is 54.8 Å². The van der Waals surface area contributed by atoms with Gasteiger partial charge in [0, 0.05) is 39.8 Å². The van der Waals surface area contributed by atoms with E-state index in [1.54, 1.807) is 50.1 Å². The van der Waals surface area contributed by atoms with Gasteiger partial charge in [0.05, 0.1) is 24.8 Å². The summed E-state index contributed by atoms with van der Waals surface area (Å²) in [5.74, 6) is 5.84. The second-order valence-corrected chi connectivity index (χ2v) is 17.9. The van der Waals surface area contributed by atoms with E-state index in [2.05, 4.69) is 23.6 Å². The van der Waals surface area contributed by atoms with E-state index in [0.29, 0.717) is 33.6 Å². The van der Waals surface area contributed by atoms with Crippen LogP contribution in [-0.2, 0) is 9.13 Å². The van der Waals surface area contributed by atoms with Crippen LogP contribution in [0.25, 0.3) is 28.9 Å². The van der Waals surface area contributed by atoms with Gasteiger partial charge in [-0.05, 0) is 126 Å². The summed E-state index contributed by atoms with van der Waals surface area (Å²) >= 11 is 0. The van der Waals surface area contributed by atoms with Crippen LogP contribution in [0.3, 0.4) is 0 Å². The van der Waals surface area contributed by atoms with Gasteiger partial charge in [0.15, 0.2) is 0 Å². The van der Waals surface area contributed by atoms with Gasteiger partial charge in [-0.1, -0.05) is 79.4 Å². The molecule has 0 bridgehead atoms. The topological polar surface area (TPSA) is 74.3 Å². The molecule has 2 atom stereocenters. The highest BCUT2D eigenvalue weighted by molar-refractivity contribution is 7.71. The summed E-state index contributed by atoms with van der Waals surface area (Å²) < 4.78 is 52.3. The molecule has 0 fully saturated rings. The van der Waals surface area contributed by atoms with E-state index >= 15 is 0 Å². The van der Waals surface area contributed by atoms with Crippen molar-refractivity contribution < 1.29 is 27.7 Å². The van der Waals surface area contributed by atoms with Crippen molar-refractivity contribution in [1.82, 2.24) is 0 Å². The first-order valence-corrected chi connectivity index (χ1v) is 22.1. The van der Waals surface area contributed by atoms with Crippen LogP contribution in [0.15, 0.2) is 181 Å². The van der Waals surface area contributed by atoms with Gasteiger partial charge in [0.25, 0.3) is 14.7 Å². The average molecular weight is 802 g/mol. The molecule has 0 saturated carbocycles. The number of nitrogens with zero attached hydrogens (tertiary/aromatic N) is 1. The molecule has 288 valence electrons. The fourth-order valence-corrected chi connectivity index (χ4v) is 11.2. The quantitative estimate of drug-likeness (QED) is 0.128. The SMILES string of the molecule is C=CC=C1/C(=C\C)c2cc(OC)ccc2OP1(=O)/C=C/c1ccc(N(c2ccccc2)c2ccc(/C=C/P3(=O)Oc4ccc(OC)cc4-c4ccccc43)cc2)cc1. The lowest BCUT2D eigenvalue weighted by molar-refractivity contribution is 0.413. The standard InChI is InChI=1S/C49H41NO6P2/c1-5-12-48-42(6-2)44-33-40(53-3)25-27-46(44)55-57(48,51)31-29-35-17-21-38(22-18-35)50(37-13-8-7-9-14-37)39-23-19-36(20-24-39)30-32-58(52)49-16-11-10-15-43(49)45-34-41(54-4)26-28-47(45)56-58/h5-34H,1H2,2-4H3/b31-29+,32-30+,42-6-,48-12?. The van der Waals surface area contributed by atoms with Gasteiger partial charge >= 0.3 is 0 Å². The monoisotopic (exact) mass is 801 g/mol. The molecule has 0 aromatic heterocycles. The van der Waals surface area contributed by atoms with E-state index in [1.807, 2.05) is 140 Å². The van der Waals surface area contributed by atoms with Crippen LogP contribution in [-0.4, -0.2) is 14.2 Å². The maximum absolute atomic E-state index is 14.5. The Morgan fingerprint density at radius 2 is 1.10 bits per heavy atom. The van der Waals surface area contributed by atoms with Gasteiger partial charge in [-0.25, -0.2) is 0 Å². The molecule has 0 radical (unpaired) electrons.